The molecule has 3 rings (SSSR count). The van der Waals surface area contributed by atoms with E-state index in [1.165, 1.54) is 16.7 Å². The summed E-state index contributed by atoms with van der Waals surface area (Å²) in [6.07, 6.45) is 6.13. The third-order valence-electron chi connectivity index (χ3n) is 3.92. The van der Waals surface area contributed by atoms with Crippen LogP contribution in [0.2, 0.25) is 0 Å². The molecule has 0 bridgehead atoms. The highest BCUT2D eigenvalue weighted by Gasteiger charge is 2.30. The first-order chi connectivity index (χ1) is 9.13. The number of aryl methyl sites for hydroxylation is 2. The van der Waals surface area contributed by atoms with Crippen LogP contribution in [0.5, 0.6) is 0 Å². The Labute approximate surface area is 114 Å². The molecule has 2 aromatic rings. The number of carbonyl (C=O) groups is 1. The van der Waals surface area contributed by atoms with Crippen molar-refractivity contribution >= 4 is 5.78 Å². The van der Waals surface area contributed by atoms with Gasteiger partial charge in [0, 0.05) is 30.4 Å². The molecule has 0 unspecified atom stereocenters. The quantitative estimate of drug-likeness (QED) is 0.761. The lowest BCUT2D eigenvalue weighted by Gasteiger charge is -2.06. The van der Waals surface area contributed by atoms with E-state index in [4.69, 9.17) is 0 Å². The predicted octanol–water partition coefficient (Wildman–Crippen LogP) is 3.75. The van der Waals surface area contributed by atoms with Crippen LogP contribution >= 0.6 is 0 Å². The highest BCUT2D eigenvalue weighted by molar-refractivity contribution is 5.99. The zero-order valence-corrected chi connectivity index (χ0v) is 11.5. The zero-order valence-electron chi connectivity index (χ0n) is 11.5. The molecule has 1 aliphatic carbocycles. The fourth-order valence-corrected chi connectivity index (χ4v) is 2.38. The Morgan fingerprint density at radius 2 is 2.00 bits per heavy atom. The average molecular weight is 253 g/mol. The molecule has 0 saturated heterocycles. The molecule has 1 fully saturated rings. The van der Waals surface area contributed by atoms with E-state index in [1.807, 2.05) is 18.5 Å². The summed E-state index contributed by atoms with van der Waals surface area (Å²) in [6.45, 7) is 5.09. The van der Waals surface area contributed by atoms with Crippen LogP contribution in [0.4, 0.5) is 0 Å². The minimum atomic E-state index is 0.303. The van der Waals surface area contributed by atoms with Gasteiger partial charge in [-0.05, 0) is 49.4 Å². The molecule has 0 radical (unpaired) electrons. The molecule has 2 nitrogen and oxygen atoms in total. The van der Waals surface area contributed by atoms with Gasteiger partial charge in [-0.25, -0.2) is 0 Å². The van der Waals surface area contributed by atoms with Crippen molar-refractivity contribution in [2.75, 3.05) is 0 Å². The minimum Gasteiger partial charge on any atom is -0.349 e. The second kappa shape index (κ2) is 4.69. The van der Waals surface area contributed by atoms with Gasteiger partial charge in [0.25, 0.3) is 0 Å². The average Bonchev–Trinajstić information content (AvgIpc) is 3.14. The first-order valence-electron chi connectivity index (χ1n) is 6.89. The van der Waals surface area contributed by atoms with Crippen LogP contribution in [0.15, 0.2) is 36.7 Å². The van der Waals surface area contributed by atoms with Crippen molar-refractivity contribution in [2.45, 2.75) is 33.2 Å². The van der Waals surface area contributed by atoms with Crippen LogP contribution in [-0.2, 0) is 6.54 Å². The van der Waals surface area contributed by atoms with Crippen molar-refractivity contribution in [3.05, 3.63) is 58.9 Å². The highest BCUT2D eigenvalue weighted by atomic mass is 16.1. The number of carbonyl (C=O) groups excluding carboxylic acids is 1. The topological polar surface area (TPSA) is 22.0 Å². The third kappa shape index (κ3) is 2.62. The summed E-state index contributed by atoms with van der Waals surface area (Å²) < 4.78 is 2.10. The van der Waals surface area contributed by atoms with Gasteiger partial charge in [-0.2, -0.15) is 0 Å². The van der Waals surface area contributed by atoms with Crippen LogP contribution in [-0.4, -0.2) is 10.4 Å². The van der Waals surface area contributed by atoms with Crippen LogP contribution in [0.3, 0.4) is 0 Å². The van der Waals surface area contributed by atoms with Crippen molar-refractivity contribution in [1.82, 2.24) is 4.57 Å². The van der Waals surface area contributed by atoms with Crippen molar-refractivity contribution in [3.8, 4) is 0 Å². The Bertz CT molecular complexity index is 620. The van der Waals surface area contributed by atoms with Gasteiger partial charge in [-0.15, -0.1) is 0 Å². The summed E-state index contributed by atoms with van der Waals surface area (Å²) >= 11 is 0. The lowest BCUT2D eigenvalue weighted by molar-refractivity contribution is 0.0967. The van der Waals surface area contributed by atoms with Gasteiger partial charge in [0.15, 0.2) is 5.78 Å². The van der Waals surface area contributed by atoms with Gasteiger partial charge >= 0.3 is 0 Å². The molecule has 1 saturated carbocycles. The number of aromatic nitrogens is 1. The maximum Gasteiger partial charge on any atom is 0.167 e. The van der Waals surface area contributed by atoms with Gasteiger partial charge in [0.2, 0.25) is 0 Å². The number of nitrogens with zero attached hydrogens (tertiary/aromatic N) is 1. The molecule has 19 heavy (non-hydrogen) atoms. The van der Waals surface area contributed by atoms with E-state index in [0.717, 1.165) is 24.9 Å². The molecule has 0 aliphatic heterocycles. The molecular weight excluding hydrogens is 234 g/mol. The van der Waals surface area contributed by atoms with E-state index >= 15 is 0 Å². The molecule has 0 spiro atoms. The predicted molar refractivity (Wildman–Crippen MR) is 76.5 cm³/mol. The molecule has 2 heteroatoms. The Morgan fingerprint density at radius 3 is 2.68 bits per heavy atom. The number of ketones is 1. The van der Waals surface area contributed by atoms with E-state index in [0.29, 0.717) is 11.7 Å². The molecule has 1 aliphatic rings. The van der Waals surface area contributed by atoms with Crippen molar-refractivity contribution in [2.24, 2.45) is 5.92 Å². The summed E-state index contributed by atoms with van der Waals surface area (Å²) in [5.74, 6) is 0.622. The summed E-state index contributed by atoms with van der Waals surface area (Å²) in [7, 11) is 0. The second-order valence-corrected chi connectivity index (χ2v) is 5.63. The van der Waals surface area contributed by atoms with Crippen LogP contribution < -0.4 is 0 Å². The number of benzene rings is 1. The Balaban J connectivity index is 1.75. The van der Waals surface area contributed by atoms with E-state index in [-0.39, 0.29) is 0 Å². The molecule has 0 atom stereocenters. The van der Waals surface area contributed by atoms with E-state index < -0.39 is 0 Å². The molecule has 0 N–H and O–H groups in total. The zero-order chi connectivity index (χ0) is 13.4. The number of hydrogen-bond donors (Lipinski definition) is 0. The first-order valence-corrected chi connectivity index (χ1v) is 6.89. The van der Waals surface area contributed by atoms with Crippen molar-refractivity contribution in [3.63, 3.8) is 0 Å². The minimum absolute atomic E-state index is 0.303. The molecule has 1 aromatic carbocycles. The lowest BCUT2D eigenvalue weighted by Crippen LogP contribution is -2.01. The van der Waals surface area contributed by atoms with E-state index in [2.05, 4.69) is 36.6 Å². The molecular formula is C17H19NO. The first kappa shape index (κ1) is 12.2. The monoisotopic (exact) mass is 253 g/mol. The van der Waals surface area contributed by atoms with E-state index in [1.54, 1.807) is 0 Å². The molecule has 98 valence electrons. The van der Waals surface area contributed by atoms with Crippen LogP contribution in [0, 0.1) is 19.8 Å². The molecule has 1 aromatic heterocycles. The standard InChI is InChI=1S/C17H19NO/c1-12-3-4-14(9-13(12)2)10-18-8-7-16(11-18)17(19)15-5-6-15/h3-4,7-9,11,15H,5-6,10H2,1-2H3. The van der Waals surface area contributed by atoms with Gasteiger partial charge in [-0.1, -0.05) is 18.2 Å². The Kier molecular flexibility index (Phi) is 3.02. The van der Waals surface area contributed by atoms with Crippen molar-refractivity contribution < 1.29 is 4.79 Å². The maximum absolute atomic E-state index is 12.0. The fraction of sp³-hybridized carbons (Fsp3) is 0.353. The summed E-state index contributed by atoms with van der Waals surface area (Å²) in [5, 5.41) is 0. The molecule has 0 amide bonds. The Morgan fingerprint density at radius 1 is 1.21 bits per heavy atom. The smallest absolute Gasteiger partial charge is 0.167 e. The van der Waals surface area contributed by atoms with Crippen molar-refractivity contribution in [1.29, 1.82) is 0 Å². The molecule has 1 heterocycles. The van der Waals surface area contributed by atoms with Gasteiger partial charge in [0.1, 0.15) is 0 Å². The van der Waals surface area contributed by atoms with Gasteiger partial charge in [-0.3, -0.25) is 4.79 Å². The van der Waals surface area contributed by atoms with Crippen LogP contribution in [0.1, 0.15) is 39.9 Å². The highest BCUT2D eigenvalue weighted by Crippen LogP contribution is 2.32. The third-order valence-corrected chi connectivity index (χ3v) is 3.92. The number of rotatable bonds is 4. The number of Topliss-reactive ketones (excluding diaryl/α,β-unsaturated/α-hetero) is 1. The van der Waals surface area contributed by atoms with Gasteiger partial charge in [0.05, 0.1) is 0 Å². The van der Waals surface area contributed by atoms with Crippen LogP contribution in [0.25, 0.3) is 0 Å². The Hall–Kier alpha value is -1.83. The van der Waals surface area contributed by atoms with E-state index in [9.17, 15) is 4.79 Å². The fourth-order valence-electron chi connectivity index (χ4n) is 2.38. The summed E-state index contributed by atoms with van der Waals surface area (Å²) in [6, 6.07) is 8.48. The number of hydrogen-bond acceptors (Lipinski definition) is 1. The summed E-state index contributed by atoms with van der Waals surface area (Å²) in [5.41, 5.74) is 4.79. The summed E-state index contributed by atoms with van der Waals surface area (Å²) in [4.78, 5) is 12.0. The maximum atomic E-state index is 12.0. The van der Waals surface area contributed by atoms with Gasteiger partial charge < -0.3 is 4.57 Å². The largest absolute Gasteiger partial charge is 0.349 e. The lowest BCUT2D eigenvalue weighted by atomic mass is 10.1. The normalized spacial score (nSPS) is 14.6. The second-order valence-electron chi connectivity index (χ2n) is 5.63. The SMILES string of the molecule is Cc1ccc(Cn2ccc(C(=O)C3CC3)c2)cc1C.